The summed E-state index contributed by atoms with van der Waals surface area (Å²) in [5, 5.41) is 18.8. The highest BCUT2D eigenvalue weighted by atomic mass is 32.2. The van der Waals surface area contributed by atoms with E-state index in [9.17, 15) is 9.66 Å². The van der Waals surface area contributed by atoms with Crippen molar-refractivity contribution in [2.45, 2.75) is 65.9 Å². The van der Waals surface area contributed by atoms with Crippen LogP contribution in [0.3, 0.4) is 0 Å². The number of phenols is 1. The average Bonchev–Trinajstić information content (AvgIpc) is 2.86. The van der Waals surface area contributed by atoms with Gasteiger partial charge in [0, 0.05) is 27.2 Å². The largest absolute Gasteiger partial charge is 0.610 e. The Labute approximate surface area is 155 Å². The Hall–Kier alpha value is -0.760. The van der Waals surface area contributed by atoms with Crippen molar-refractivity contribution < 1.29 is 9.66 Å². The summed E-state index contributed by atoms with van der Waals surface area (Å²) in [6.45, 7) is 12.5. The lowest BCUT2D eigenvalue weighted by Crippen LogP contribution is -2.17. The van der Waals surface area contributed by atoms with Crippen LogP contribution < -0.4 is 0 Å². The lowest BCUT2D eigenvalue weighted by molar-refractivity contribution is 0.422. The number of hydrogen-bond donors (Lipinski definition) is 1. The van der Waals surface area contributed by atoms with E-state index in [1.165, 1.54) is 23.1 Å². The summed E-state index contributed by atoms with van der Waals surface area (Å²) in [7, 11) is 0. The van der Waals surface area contributed by atoms with Gasteiger partial charge < -0.3 is 9.66 Å². The molecule has 7 heteroatoms. The molecule has 0 aliphatic carbocycles. The molecule has 0 saturated heterocycles. The molecular formula is C17H24N2O2S3. The van der Waals surface area contributed by atoms with Crippen LogP contribution in [0.25, 0.3) is 0 Å². The molecule has 2 rings (SSSR count). The maximum Gasteiger partial charge on any atom is 0.322 e. The maximum absolute atomic E-state index is 11.5. The summed E-state index contributed by atoms with van der Waals surface area (Å²) in [5.41, 5.74) is 1.50. The van der Waals surface area contributed by atoms with Gasteiger partial charge in [-0.05, 0) is 34.3 Å². The average molecular weight is 385 g/mol. The topological polar surface area (TPSA) is 69.1 Å². The summed E-state index contributed by atoms with van der Waals surface area (Å²) in [5.74, 6) is 0.368. The van der Waals surface area contributed by atoms with Gasteiger partial charge in [0.05, 0.1) is 0 Å². The van der Waals surface area contributed by atoms with Crippen molar-refractivity contribution in [3.63, 3.8) is 0 Å². The molecule has 1 aromatic heterocycles. The van der Waals surface area contributed by atoms with Gasteiger partial charge >= 0.3 is 4.34 Å². The summed E-state index contributed by atoms with van der Waals surface area (Å²) >= 11 is 1.72. The quantitative estimate of drug-likeness (QED) is 0.775. The van der Waals surface area contributed by atoms with Crippen molar-refractivity contribution in [1.82, 2.24) is 10.2 Å². The number of phenolic OH excluding ortho intramolecular Hbond substituents is 1. The Balaban J connectivity index is 2.49. The molecular weight excluding hydrogens is 360 g/mol. The van der Waals surface area contributed by atoms with E-state index in [4.69, 9.17) is 0 Å². The van der Waals surface area contributed by atoms with Crippen LogP contribution in [0.2, 0.25) is 0 Å². The number of aromatic nitrogens is 2. The molecule has 1 aromatic carbocycles. The number of aromatic hydroxyl groups is 1. The first-order chi connectivity index (χ1) is 10.9. The fourth-order valence-corrected chi connectivity index (χ4v) is 4.93. The number of benzene rings is 1. The van der Waals surface area contributed by atoms with E-state index in [0.29, 0.717) is 10.1 Å². The van der Waals surface area contributed by atoms with Crippen molar-refractivity contribution in [2.24, 2.45) is 0 Å². The summed E-state index contributed by atoms with van der Waals surface area (Å²) < 4.78 is 12.8. The zero-order valence-corrected chi connectivity index (χ0v) is 17.6. The fourth-order valence-electron chi connectivity index (χ4n) is 2.27. The smallest absolute Gasteiger partial charge is 0.322 e. The first-order valence-electron chi connectivity index (χ1n) is 7.62. The van der Waals surface area contributed by atoms with Crippen LogP contribution in [0.15, 0.2) is 25.7 Å². The number of hydrogen-bond acceptors (Lipinski definition) is 6. The van der Waals surface area contributed by atoms with Crippen molar-refractivity contribution in [3.8, 4) is 5.75 Å². The fraction of sp³-hybridized carbons (Fsp3) is 0.529. The second-order valence-electron chi connectivity index (χ2n) is 7.76. The van der Waals surface area contributed by atoms with Crippen LogP contribution in [-0.4, -0.2) is 26.1 Å². The molecule has 1 heterocycles. The van der Waals surface area contributed by atoms with Crippen LogP contribution in [0, 0.1) is 0 Å². The van der Waals surface area contributed by atoms with E-state index in [2.05, 4.69) is 51.7 Å². The van der Waals surface area contributed by atoms with Crippen molar-refractivity contribution in [1.29, 1.82) is 0 Å². The third-order valence-corrected chi connectivity index (χ3v) is 6.81. The van der Waals surface area contributed by atoms with E-state index in [0.717, 1.165) is 20.4 Å². The zero-order chi connectivity index (χ0) is 18.3. The van der Waals surface area contributed by atoms with Gasteiger partial charge in [-0.1, -0.05) is 58.4 Å². The lowest BCUT2D eigenvalue weighted by atomic mass is 9.79. The molecule has 2 aromatic rings. The monoisotopic (exact) mass is 384 g/mol. The van der Waals surface area contributed by atoms with Crippen molar-refractivity contribution in [2.75, 3.05) is 6.26 Å². The van der Waals surface area contributed by atoms with E-state index < -0.39 is 11.2 Å². The Kier molecular flexibility index (Phi) is 5.59. The van der Waals surface area contributed by atoms with Gasteiger partial charge in [0.25, 0.3) is 0 Å². The lowest BCUT2D eigenvalue weighted by Gasteiger charge is -2.28. The van der Waals surface area contributed by atoms with Gasteiger partial charge in [0.1, 0.15) is 12.0 Å². The molecule has 1 N–H and O–H groups in total. The molecule has 1 unspecified atom stereocenters. The van der Waals surface area contributed by atoms with Gasteiger partial charge in [0.15, 0.2) is 4.34 Å². The Bertz CT molecular complexity index is 693. The van der Waals surface area contributed by atoms with Crippen LogP contribution in [-0.2, 0) is 22.0 Å². The minimum atomic E-state index is -1.12. The van der Waals surface area contributed by atoms with Gasteiger partial charge in [-0.25, -0.2) is 0 Å². The number of nitrogens with zero attached hydrogens (tertiary/aromatic N) is 2. The minimum absolute atomic E-state index is 0.169. The standard InChI is InChI=1S/C17H24N2O2S3/c1-16(2,3)11-8-10(9-12(13(11)20)17(4,5)6)22-14-18-19-15(23-14)24(7)21/h8-9,20H,1-7H3. The molecule has 0 amide bonds. The minimum Gasteiger partial charge on any atom is -0.610 e. The molecule has 0 spiro atoms. The molecule has 0 saturated carbocycles. The zero-order valence-electron chi connectivity index (χ0n) is 15.1. The summed E-state index contributed by atoms with van der Waals surface area (Å²) in [6.07, 6.45) is 1.60. The van der Waals surface area contributed by atoms with E-state index in [1.54, 1.807) is 6.26 Å². The van der Waals surface area contributed by atoms with E-state index in [1.807, 2.05) is 12.1 Å². The maximum atomic E-state index is 11.5. The SMILES string of the molecule is C[S+]([O-])c1nnc(Sc2cc(C(C)(C)C)c(O)c(C(C)(C)C)c2)s1. The Morgan fingerprint density at radius 1 is 1.04 bits per heavy atom. The van der Waals surface area contributed by atoms with Crippen LogP contribution >= 0.6 is 23.1 Å². The summed E-state index contributed by atoms with van der Waals surface area (Å²) in [4.78, 5) is 1.01. The van der Waals surface area contributed by atoms with Gasteiger partial charge in [-0.15, -0.1) is 5.10 Å². The molecule has 132 valence electrons. The van der Waals surface area contributed by atoms with Crippen molar-refractivity contribution >= 4 is 34.3 Å². The van der Waals surface area contributed by atoms with E-state index >= 15 is 0 Å². The van der Waals surface area contributed by atoms with Gasteiger partial charge in [-0.3, -0.25) is 0 Å². The summed E-state index contributed by atoms with van der Waals surface area (Å²) in [6, 6.07) is 4.03. The highest BCUT2D eigenvalue weighted by Gasteiger charge is 2.27. The third kappa shape index (κ3) is 4.45. The second-order valence-corrected chi connectivity index (χ2v) is 11.6. The normalized spacial score (nSPS) is 14.0. The Morgan fingerprint density at radius 2 is 1.54 bits per heavy atom. The van der Waals surface area contributed by atoms with Crippen molar-refractivity contribution in [3.05, 3.63) is 23.3 Å². The highest BCUT2D eigenvalue weighted by molar-refractivity contribution is 8.01. The molecule has 1 atom stereocenters. The first-order valence-corrected chi connectivity index (χ1v) is 10.8. The molecule has 0 aliphatic heterocycles. The van der Waals surface area contributed by atoms with Crippen LogP contribution in [0.4, 0.5) is 0 Å². The molecule has 0 aliphatic rings. The van der Waals surface area contributed by atoms with Gasteiger partial charge in [0.2, 0.25) is 0 Å². The Morgan fingerprint density at radius 3 is 1.92 bits per heavy atom. The molecule has 0 radical (unpaired) electrons. The second kappa shape index (κ2) is 6.86. The van der Waals surface area contributed by atoms with Crippen LogP contribution in [0.1, 0.15) is 52.7 Å². The third-order valence-electron chi connectivity index (χ3n) is 3.54. The predicted octanol–water partition coefficient (Wildman–Crippen LogP) is 4.73. The molecule has 4 nitrogen and oxygen atoms in total. The van der Waals surface area contributed by atoms with Crippen LogP contribution in [0.5, 0.6) is 5.75 Å². The first kappa shape index (κ1) is 19.6. The highest BCUT2D eigenvalue weighted by Crippen LogP contribution is 2.43. The molecule has 24 heavy (non-hydrogen) atoms. The number of rotatable bonds is 3. The van der Waals surface area contributed by atoms with E-state index in [-0.39, 0.29) is 10.8 Å². The predicted molar refractivity (Wildman–Crippen MR) is 102 cm³/mol. The van der Waals surface area contributed by atoms with Gasteiger partial charge in [-0.2, -0.15) is 0 Å². The molecule has 0 bridgehead atoms. The molecule has 0 fully saturated rings.